The number of amides is 3. The summed E-state index contributed by atoms with van der Waals surface area (Å²) in [6.45, 7) is 2.10. The Hall–Kier alpha value is -3.48. The molecule has 1 aliphatic heterocycles. The van der Waals surface area contributed by atoms with Gasteiger partial charge in [0.25, 0.3) is 5.91 Å². The lowest BCUT2D eigenvalue weighted by molar-refractivity contribution is -0.122. The monoisotopic (exact) mass is 406 g/mol. The molecule has 3 atom stereocenters. The molecule has 1 saturated carbocycles. The number of fused-ring (bicyclic) bond motifs is 1. The summed E-state index contributed by atoms with van der Waals surface area (Å²) in [5, 5.41) is 11.7. The van der Waals surface area contributed by atoms with E-state index in [1.807, 2.05) is 0 Å². The fraction of sp³-hybridized carbons (Fsp3) is 0.304. The van der Waals surface area contributed by atoms with Gasteiger partial charge in [0.1, 0.15) is 0 Å². The summed E-state index contributed by atoms with van der Waals surface area (Å²) in [4.78, 5) is 50.6. The zero-order chi connectivity index (χ0) is 21.4. The van der Waals surface area contributed by atoms with E-state index >= 15 is 0 Å². The minimum Gasteiger partial charge on any atom is -0.478 e. The predicted molar refractivity (Wildman–Crippen MR) is 110 cm³/mol. The van der Waals surface area contributed by atoms with E-state index in [0.29, 0.717) is 22.9 Å². The van der Waals surface area contributed by atoms with Crippen LogP contribution in [-0.4, -0.2) is 28.8 Å². The van der Waals surface area contributed by atoms with Gasteiger partial charge >= 0.3 is 5.97 Å². The number of benzene rings is 2. The van der Waals surface area contributed by atoms with Crippen molar-refractivity contribution in [3.63, 3.8) is 0 Å². The molecule has 0 aromatic heterocycles. The van der Waals surface area contributed by atoms with Crippen LogP contribution < -0.4 is 10.2 Å². The molecule has 2 aliphatic rings. The number of imide groups is 1. The summed E-state index contributed by atoms with van der Waals surface area (Å²) in [6, 6.07) is 12.3. The van der Waals surface area contributed by atoms with Crippen molar-refractivity contribution in [2.75, 3.05) is 10.2 Å². The fourth-order valence-electron chi connectivity index (χ4n) is 4.33. The van der Waals surface area contributed by atoms with Crippen molar-refractivity contribution in [1.29, 1.82) is 0 Å². The standard InChI is InChI=1S/C23H22N2O5/c1-13-5-10-18-19(11-13)22(28)25(21(18)27)17-4-2-3-15(12-17)20(26)24-16-8-6-14(7-9-16)23(29)30/h2-4,6-9,12-13,18-19H,5,10-11H2,1H3,(H,24,26)(H,29,30)/t13-,18+,19+/m1/s1. The highest BCUT2D eigenvalue weighted by molar-refractivity contribution is 6.22. The summed E-state index contributed by atoms with van der Waals surface area (Å²) in [5.41, 5.74) is 1.28. The molecule has 0 spiro atoms. The van der Waals surface area contributed by atoms with E-state index < -0.39 is 11.9 Å². The fourth-order valence-corrected chi connectivity index (χ4v) is 4.33. The number of carbonyl (C=O) groups excluding carboxylic acids is 3. The number of rotatable bonds is 4. The van der Waals surface area contributed by atoms with Gasteiger partial charge in [0.05, 0.1) is 23.1 Å². The van der Waals surface area contributed by atoms with Gasteiger partial charge in [-0.05, 0) is 67.6 Å². The molecule has 2 N–H and O–H groups in total. The summed E-state index contributed by atoms with van der Waals surface area (Å²) >= 11 is 0. The van der Waals surface area contributed by atoms with Crippen LogP contribution in [0.1, 0.15) is 46.9 Å². The van der Waals surface area contributed by atoms with Crippen LogP contribution >= 0.6 is 0 Å². The average molecular weight is 406 g/mol. The van der Waals surface area contributed by atoms with E-state index in [1.54, 1.807) is 18.2 Å². The van der Waals surface area contributed by atoms with Gasteiger partial charge in [0.15, 0.2) is 0 Å². The summed E-state index contributed by atoms with van der Waals surface area (Å²) in [6.07, 6.45) is 2.38. The highest BCUT2D eigenvalue weighted by atomic mass is 16.4. The SMILES string of the molecule is C[C@@H]1CC[C@@H]2C(=O)N(c3cccc(C(=O)Nc4ccc(C(=O)O)cc4)c3)C(=O)[C@H]2C1. The van der Waals surface area contributed by atoms with Crippen molar-refractivity contribution in [2.45, 2.75) is 26.2 Å². The Morgan fingerprint density at radius 3 is 2.37 bits per heavy atom. The molecule has 7 nitrogen and oxygen atoms in total. The molecular formula is C23H22N2O5. The second kappa shape index (κ2) is 7.74. The van der Waals surface area contributed by atoms with Gasteiger partial charge < -0.3 is 10.4 Å². The van der Waals surface area contributed by atoms with Crippen LogP contribution in [-0.2, 0) is 9.59 Å². The van der Waals surface area contributed by atoms with Gasteiger partial charge in [-0.2, -0.15) is 0 Å². The predicted octanol–water partition coefficient (Wildman–Crippen LogP) is 3.56. The maximum absolute atomic E-state index is 12.9. The Bertz CT molecular complexity index is 1030. The van der Waals surface area contributed by atoms with Gasteiger partial charge in [-0.25, -0.2) is 4.79 Å². The summed E-state index contributed by atoms with van der Waals surface area (Å²) < 4.78 is 0. The topological polar surface area (TPSA) is 104 Å². The van der Waals surface area contributed by atoms with Gasteiger partial charge in [-0.15, -0.1) is 0 Å². The maximum Gasteiger partial charge on any atom is 0.335 e. The van der Waals surface area contributed by atoms with Crippen LogP contribution in [0, 0.1) is 17.8 Å². The number of nitrogens with one attached hydrogen (secondary N) is 1. The molecule has 154 valence electrons. The lowest BCUT2D eigenvalue weighted by atomic mass is 9.76. The van der Waals surface area contributed by atoms with Crippen LogP contribution in [0.4, 0.5) is 11.4 Å². The lowest BCUT2D eigenvalue weighted by Crippen LogP contribution is -2.31. The molecule has 2 fully saturated rings. The van der Waals surface area contributed by atoms with Crippen molar-refractivity contribution in [2.24, 2.45) is 17.8 Å². The third-order valence-electron chi connectivity index (χ3n) is 5.94. The van der Waals surface area contributed by atoms with Gasteiger partial charge in [0.2, 0.25) is 11.8 Å². The minimum atomic E-state index is -1.05. The molecule has 0 unspecified atom stereocenters. The van der Waals surface area contributed by atoms with Crippen LogP contribution in [0.5, 0.6) is 0 Å². The van der Waals surface area contributed by atoms with Crippen molar-refractivity contribution < 1.29 is 24.3 Å². The molecule has 1 aliphatic carbocycles. The molecule has 0 bridgehead atoms. The average Bonchev–Trinajstić information content (AvgIpc) is 2.98. The second-order valence-corrected chi connectivity index (χ2v) is 8.03. The third-order valence-corrected chi connectivity index (χ3v) is 5.94. The number of aromatic carboxylic acids is 1. The van der Waals surface area contributed by atoms with E-state index in [0.717, 1.165) is 19.3 Å². The molecule has 2 aromatic rings. The van der Waals surface area contributed by atoms with Crippen LogP contribution in [0.15, 0.2) is 48.5 Å². The van der Waals surface area contributed by atoms with Crippen molar-refractivity contribution in [3.8, 4) is 0 Å². The molecule has 1 saturated heterocycles. The van der Waals surface area contributed by atoms with E-state index in [-0.39, 0.29) is 29.2 Å². The smallest absolute Gasteiger partial charge is 0.335 e. The minimum absolute atomic E-state index is 0.122. The summed E-state index contributed by atoms with van der Waals surface area (Å²) in [7, 11) is 0. The Morgan fingerprint density at radius 1 is 0.967 bits per heavy atom. The number of hydrogen-bond acceptors (Lipinski definition) is 4. The number of anilines is 2. The van der Waals surface area contributed by atoms with Gasteiger partial charge in [-0.3, -0.25) is 19.3 Å². The Kier molecular flexibility index (Phi) is 5.11. The quantitative estimate of drug-likeness (QED) is 0.756. The lowest BCUT2D eigenvalue weighted by Gasteiger charge is -2.25. The number of carbonyl (C=O) groups is 4. The van der Waals surface area contributed by atoms with E-state index in [9.17, 15) is 19.2 Å². The number of hydrogen-bond donors (Lipinski definition) is 2. The maximum atomic E-state index is 12.9. The Morgan fingerprint density at radius 2 is 1.67 bits per heavy atom. The third kappa shape index (κ3) is 3.58. The largest absolute Gasteiger partial charge is 0.478 e. The molecule has 4 rings (SSSR count). The zero-order valence-electron chi connectivity index (χ0n) is 16.5. The van der Waals surface area contributed by atoms with Crippen molar-refractivity contribution in [1.82, 2.24) is 0 Å². The highest BCUT2D eigenvalue weighted by Crippen LogP contribution is 2.42. The normalized spacial score (nSPS) is 23.2. The first-order valence-corrected chi connectivity index (χ1v) is 9.97. The Labute approximate surface area is 173 Å². The molecular weight excluding hydrogens is 384 g/mol. The van der Waals surface area contributed by atoms with Crippen molar-refractivity contribution in [3.05, 3.63) is 59.7 Å². The van der Waals surface area contributed by atoms with Crippen LogP contribution in [0.25, 0.3) is 0 Å². The van der Waals surface area contributed by atoms with E-state index in [2.05, 4.69) is 12.2 Å². The molecule has 0 radical (unpaired) electrons. The van der Waals surface area contributed by atoms with Gasteiger partial charge in [0, 0.05) is 11.3 Å². The Balaban J connectivity index is 1.54. The number of carboxylic acids is 1. The number of carboxylic acid groups (broad SMARTS) is 1. The second-order valence-electron chi connectivity index (χ2n) is 8.03. The first kappa shape index (κ1) is 19.8. The van der Waals surface area contributed by atoms with Crippen molar-refractivity contribution >= 4 is 35.1 Å². The first-order valence-electron chi connectivity index (χ1n) is 9.97. The highest BCUT2D eigenvalue weighted by Gasteiger charge is 2.50. The number of nitrogens with zero attached hydrogens (tertiary/aromatic N) is 1. The molecule has 7 heteroatoms. The molecule has 1 heterocycles. The first-order chi connectivity index (χ1) is 14.3. The molecule has 30 heavy (non-hydrogen) atoms. The van der Waals surface area contributed by atoms with E-state index in [4.69, 9.17) is 5.11 Å². The summed E-state index contributed by atoms with van der Waals surface area (Å²) in [5.74, 6) is -1.93. The zero-order valence-corrected chi connectivity index (χ0v) is 16.5. The van der Waals surface area contributed by atoms with Gasteiger partial charge in [-0.1, -0.05) is 13.0 Å². The molecule has 3 amide bonds. The van der Waals surface area contributed by atoms with Crippen LogP contribution in [0.2, 0.25) is 0 Å². The molecule has 2 aromatic carbocycles. The van der Waals surface area contributed by atoms with E-state index in [1.165, 1.54) is 35.2 Å². The van der Waals surface area contributed by atoms with Crippen LogP contribution in [0.3, 0.4) is 0 Å².